The Balaban J connectivity index is 2.51. The SMILES string of the molecule is CC(C)C1CCC(=O)N(C[C@@H](C)N)CC1. The second kappa shape index (κ2) is 5.50. The molecule has 2 atom stereocenters. The predicted molar refractivity (Wildman–Crippen MR) is 62.4 cm³/mol. The number of hydrogen-bond acceptors (Lipinski definition) is 2. The number of nitrogens with zero attached hydrogens (tertiary/aromatic N) is 1. The van der Waals surface area contributed by atoms with E-state index >= 15 is 0 Å². The number of amides is 1. The van der Waals surface area contributed by atoms with Gasteiger partial charge >= 0.3 is 0 Å². The van der Waals surface area contributed by atoms with E-state index in [4.69, 9.17) is 5.73 Å². The average molecular weight is 212 g/mol. The summed E-state index contributed by atoms with van der Waals surface area (Å²) in [7, 11) is 0. The van der Waals surface area contributed by atoms with Crippen molar-refractivity contribution < 1.29 is 4.79 Å². The number of carbonyl (C=O) groups is 1. The van der Waals surface area contributed by atoms with E-state index in [9.17, 15) is 4.79 Å². The third-order valence-corrected chi connectivity index (χ3v) is 3.30. The van der Waals surface area contributed by atoms with E-state index in [0.717, 1.165) is 19.4 Å². The molecule has 0 radical (unpaired) electrons. The van der Waals surface area contributed by atoms with Crippen LogP contribution in [0.3, 0.4) is 0 Å². The highest BCUT2D eigenvalue weighted by molar-refractivity contribution is 5.76. The van der Waals surface area contributed by atoms with Gasteiger partial charge in [0.05, 0.1) is 0 Å². The van der Waals surface area contributed by atoms with Gasteiger partial charge in [-0.1, -0.05) is 13.8 Å². The minimum absolute atomic E-state index is 0.0875. The summed E-state index contributed by atoms with van der Waals surface area (Å²) in [5, 5.41) is 0. The zero-order valence-electron chi connectivity index (χ0n) is 10.2. The van der Waals surface area contributed by atoms with Crippen LogP contribution in [0, 0.1) is 11.8 Å². The van der Waals surface area contributed by atoms with Crippen LogP contribution in [0.2, 0.25) is 0 Å². The number of likely N-dealkylation sites (tertiary alicyclic amines) is 1. The Hall–Kier alpha value is -0.570. The lowest BCUT2D eigenvalue weighted by Crippen LogP contribution is -2.39. The normalized spacial score (nSPS) is 25.5. The number of rotatable bonds is 3. The second-order valence-corrected chi connectivity index (χ2v) is 5.15. The van der Waals surface area contributed by atoms with E-state index in [-0.39, 0.29) is 11.9 Å². The van der Waals surface area contributed by atoms with Gasteiger partial charge in [0.2, 0.25) is 5.91 Å². The highest BCUT2D eigenvalue weighted by atomic mass is 16.2. The van der Waals surface area contributed by atoms with Crippen LogP contribution in [0.15, 0.2) is 0 Å². The summed E-state index contributed by atoms with van der Waals surface area (Å²) in [6.45, 7) is 8.05. The van der Waals surface area contributed by atoms with E-state index in [1.54, 1.807) is 0 Å². The van der Waals surface area contributed by atoms with Crippen LogP contribution < -0.4 is 5.73 Å². The van der Waals surface area contributed by atoms with Gasteiger partial charge < -0.3 is 10.6 Å². The molecule has 1 fully saturated rings. The fourth-order valence-corrected chi connectivity index (χ4v) is 2.27. The molecule has 0 aliphatic carbocycles. The van der Waals surface area contributed by atoms with Gasteiger partial charge in [0.25, 0.3) is 0 Å². The first-order valence-electron chi connectivity index (χ1n) is 6.04. The molecule has 0 aromatic carbocycles. The lowest BCUT2D eigenvalue weighted by atomic mass is 9.89. The summed E-state index contributed by atoms with van der Waals surface area (Å²) in [4.78, 5) is 13.7. The molecule has 88 valence electrons. The van der Waals surface area contributed by atoms with Crippen molar-refractivity contribution in [3.63, 3.8) is 0 Å². The Morgan fingerprint density at radius 3 is 2.60 bits per heavy atom. The van der Waals surface area contributed by atoms with Gasteiger partial charge in [0, 0.05) is 25.6 Å². The topological polar surface area (TPSA) is 46.3 Å². The van der Waals surface area contributed by atoms with Crippen LogP contribution in [-0.4, -0.2) is 29.9 Å². The summed E-state index contributed by atoms with van der Waals surface area (Å²) >= 11 is 0. The Morgan fingerprint density at radius 1 is 1.40 bits per heavy atom. The summed E-state index contributed by atoms with van der Waals surface area (Å²) < 4.78 is 0. The van der Waals surface area contributed by atoms with Gasteiger partial charge in [0.1, 0.15) is 0 Å². The Labute approximate surface area is 93.0 Å². The van der Waals surface area contributed by atoms with Gasteiger partial charge in [-0.05, 0) is 31.6 Å². The molecule has 1 unspecified atom stereocenters. The van der Waals surface area contributed by atoms with E-state index in [0.29, 0.717) is 24.8 Å². The molecule has 1 amide bonds. The van der Waals surface area contributed by atoms with Crippen LogP contribution in [0.4, 0.5) is 0 Å². The van der Waals surface area contributed by atoms with Crippen LogP contribution in [0.1, 0.15) is 40.0 Å². The zero-order valence-corrected chi connectivity index (χ0v) is 10.2. The molecule has 1 rings (SSSR count). The van der Waals surface area contributed by atoms with E-state index in [1.165, 1.54) is 0 Å². The summed E-state index contributed by atoms with van der Waals surface area (Å²) in [6, 6.07) is 0.0875. The molecule has 0 aromatic rings. The molecule has 15 heavy (non-hydrogen) atoms. The molecule has 1 saturated heterocycles. The molecular formula is C12H24N2O. The standard InChI is InChI=1S/C12H24N2O/c1-9(2)11-4-5-12(15)14(7-6-11)8-10(3)13/h9-11H,4-8,13H2,1-3H3/t10-,11?/m1/s1. The van der Waals surface area contributed by atoms with Crippen molar-refractivity contribution >= 4 is 5.91 Å². The maximum Gasteiger partial charge on any atom is 0.222 e. The van der Waals surface area contributed by atoms with Gasteiger partial charge in [-0.3, -0.25) is 4.79 Å². The summed E-state index contributed by atoms with van der Waals surface area (Å²) in [6.07, 6.45) is 2.89. The monoisotopic (exact) mass is 212 g/mol. The fraction of sp³-hybridized carbons (Fsp3) is 0.917. The Bertz CT molecular complexity index is 214. The van der Waals surface area contributed by atoms with Crippen molar-refractivity contribution in [2.45, 2.75) is 46.1 Å². The predicted octanol–water partition coefficient (Wildman–Crippen LogP) is 1.62. The van der Waals surface area contributed by atoms with Gasteiger partial charge in [-0.15, -0.1) is 0 Å². The molecular weight excluding hydrogens is 188 g/mol. The van der Waals surface area contributed by atoms with Gasteiger partial charge in [-0.2, -0.15) is 0 Å². The molecule has 2 N–H and O–H groups in total. The van der Waals surface area contributed by atoms with Crippen molar-refractivity contribution in [1.82, 2.24) is 4.90 Å². The number of nitrogens with two attached hydrogens (primary N) is 1. The van der Waals surface area contributed by atoms with E-state index < -0.39 is 0 Å². The maximum absolute atomic E-state index is 11.8. The highest BCUT2D eigenvalue weighted by Gasteiger charge is 2.24. The minimum Gasteiger partial charge on any atom is -0.341 e. The van der Waals surface area contributed by atoms with Crippen molar-refractivity contribution in [3.8, 4) is 0 Å². The largest absolute Gasteiger partial charge is 0.341 e. The molecule has 1 aliphatic rings. The Kier molecular flexibility index (Phi) is 4.58. The molecule has 0 spiro atoms. The van der Waals surface area contributed by atoms with Crippen molar-refractivity contribution in [2.75, 3.05) is 13.1 Å². The van der Waals surface area contributed by atoms with Crippen molar-refractivity contribution in [2.24, 2.45) is 17.6 Å². The molecule has 0 bridgehead atoms. The minimum atomic E-state index is 0.0875. The average Bonchev–Trinajstić information content (AvgIpc) is 2.29. The molecule has 1 aliphatic heterocycles. The third kappa shape index (κ3) is 3.82. The molecule has 1 heterocycles. The molecule has 0 saturated carbocycles. The first kappa shape index (κ1) is 12.5. The van der Waals surface area contributed by atoms with Crippen LogP contribution in [-0.2, 0) is 4.79 Å². The second-order valence-electron chi connectivity index (χ2n) is 5.15. The quantitative estimate of drug-likeness (QED) is 0.772. The number of carbonyl (C=O) groups excluding carboxylic acids is 1. The highest BCUT2D eigenvalue weighted by Crippen LogP contribution is 2.24. The molecule has 3 heteroatoms. The van der Waals surface area contributed by atoms with Crippen molar-refractivity contribution in [1.29, 1.82) is 0 Å². The lowest BCUT2D eigenvalue weighted by molar-refractivity contribution is -0.130. The molecule has 3 nitrogen and oxygen atoms in total. The van der Waals surface area contributed by atoms with E-state index in [2.05, 4.69) is 13.8 Å². The fourth-order valence-electron chi connectivity index (χ4n) is 2.27. The van der Waals surface area contributed by atoms with Gasteiger partial charge in [0.15, 0.2) is 0 Å². The van der Waals surface area contributed by atoms with Crippen LogP contribution >= 0.6 is 0 Å². The lowest BCUT2D eigenvalue weighted by Gasteiger charge is -2.23. The van der Waals surface area contributed by atoms with Crippen LogP contribution in [0.25, 0.3) is 0 Å². The van der Waals surface area contributed by atoms with Crippen LogP contribution in [0.5, 0.6) is 0 Å². The first-order chi connectivity index (χ1) is 7.00. The number of hydrogen-bond donors (Lipinski definition) is 1. The Morgan fingerprint density at radius 2 is 2.07 bits per heavy atom. The van der Waals surface area contributed by atoms with E-state index in [1.807, 2.05) is 11.8 Å². The van der Waals surface area contributed by atoms with Crippen molar-refractivity contribution in [3.05, 3.63) is 0 Å². The smallest absolute Gasteiger partial charge is 0.222 e. The van der Waals surface area contributed by atoms with Gasteiger partial charge in [-0.25, -0.2) is 0 Å². The summed E-state index contributed by atoms with van der Waals surface area (Å²) in [5.74, 6) is 1.68. The maximum atomic E-state index is 11.8. The molecule has 0 aromatic heterocycles. The first-order valence-corrected chi connectivity index (χ1v) is 6.04. The summed E-state index contributed by atoms with van der Waals surface area (Å²) in [5.41, 5.74) is 5.74. The third-order valence-electron chi connectivity index (χ3n) is 3.30. The zero-order chi connectivity index (χ0) is 11.4.